The van der Waals surface area contributed by atoms with E-state index < -0.39 is 23.7 Å². The summed E-state index contributed by atoms with van der Waals surface area (Å²) in [5, 5.41) is 12.0. The fourth-order valence-corrected chi connectivity index (χ4v) is 2.04. The largest absolute Gasteiger partial charge is 0.467 e. The number of nitrogens with one attached hydrogen (secondary N) is 1. The Morgan fingerprint density at radius 2 is 2.04 bits per heavy atom. The van der Waals surface area contributed by atoms with Gasteiger partial charge in [-0.25, -0.2) is 9.59 Å². The van der Waals surface area contributed by atoms with Crippen LogP contribution in [0.3, 0.4) is 0 Å². The molecule has 0 fully saturated rings. The average molecular weight is 339 g/mol. The Bertz CT molecular complexity index is 632. The van der Waals surface area contributed by atoms with E-state index in [-0.39, 0.29) is 6.42 Å². The highest BCUT2D eigenvalue weighted by Gasteiger charge is 2.26. The number of methoxy groups -OCH3 is 1. The van der Waals surface area contributed by atoms with E-state index in [1.807, 2.05) is 6.07 Å². The van der Waals surface area contributed by atoms with Gasteiger partial charge in [0, 0.05) is 11.4 Å². The van der Waals surface area contributed by atoms with Crippen LogP contribution in [0.25, 0.3) is 0 Å². The summed E-state index contributed by atoms with van der Waals surface area (Å²) in [4.78, 5) is 23.8. The molecule has 1 amide bonds. The van der Waals surface area contributed by atoms with Crippen LogP contribution < -0.4 is 5.32 Å². The van der Waals surface area contributed by atoms with Crippen LogP contribution in [0.1, 0.15) is 31.9 Å². The number of nitrogens with zero attached hydrogens (tertiary/aromatic N) is 1. The third kappa shape index (κ3) is 6.17. The first-order valence-electron chi connectivity index (χ1n) is 6.92. The molecule has 1 aromatic rings. The van der Waals surface area contributed by atoms with Gasteiger partial charge in [-0.15, -0.1) is 0 Å². The van der Waals surface area contributed by atoms with Gasteiger partial charge in [0.2, 0.25) is 0 Å². The first kappa shape index (κ1) is 18.8. The first-order chi connectivity index (χ1) is 10.7. The standard InChI is InChI=1S/C16H19ClN2O4/c1-16(2,3)23-15(21)19-13(14(20)22-4)8-11-7-12(17)6-5-10(11)9-18/h5-7,13H,8H2,1-4H3,(H,19,21)/t13-/m0/s1. The Morgan fingerprint density at radius 3 is 2.57 bits per heavy atom. The molecule has 0 radical (unpaired) electrons. The molecule has 0 aromatic heterocycles. The molecule has 0 spiro atoms. The quantitative estimate of drug-likeness (QED) is 0.853. The van der Waals surface area contributed by atoms with Crippen LogP contribution in [0.4, 0.5) is 4.79 Å². The molecular formula is C16H19ClN2O4. The second-order valence-corrected chi connectivity index (χ2v) is 6.28. The predicted molar refractivity (Wildman–Crippen MR) is 85.0 cm³/mol. The van der Waals surface area contributed by atoms with Gasteiger partial charge in [0.1, 0.15) is 11.6 Å². The lowest BCUT2D eigenvalue weighted by molar-refractivity contribution is -0.143. The number of ether oxygens (including phenoxy) is 2. The van der Waals surface area contributed by atoms with Gasteiger partial charge in [-0.3, -0.25) is 0 Å². The second kappa shape index (κ2) is 7.84. The minimum absolute atomic E-state index is 0.0649. The Morgan fingerprint density at radius 1 is 1.39 bits per heavy atom. The zero-order valence-corrected chi connectivity index (χ0v) is 14.2. The second-order valence-electron chi connectivity index (χ2n) is 5.84. The van der Waals surface area contributed by atoms with Crippen LogP contribution in [0.2, 0.25) is 5.02 Å². The molecule has 1 atom stereocenters. The number of rotatable bonds is 4. The molecule has 23 heavy (non-hydrogen) atoms. The number of halogens is 1. The third-order valence-electron chi connectivity index (χ3n) is 2.79. The van der Waals surface area contributed by atoms with Crippen LogP contribution in [0.5, 0.6) is 0 Å². The number of alkyl carbamates (subject to hydrolysis) is 1. The van der Waals surface area contributed by atoms with Gasteiger partial charge in [-0.1, -0.05) is 11.6 Å². The lowest BCUT2D eigenvalue weighted by Crippen LogP contribution is -2.45. The van der Waals surface area contributed by atoms with Crippen LogP contribution >= 0.6 is 11.6 Å². The lowest BCUT2D eigenvalue weighted by Gasteiger charge is -2.22. The maximum absolute atomic E-state index is 11.9. The molecule has 7 heteroatoms. The number of hydrogen-bond donors (Lipinski definition) is 1. The Labute approximate surface area is 140 Å². The Balaban J connectivity index is 2.97. The zero-order valence-electron chi connectivity index (χ0n) is 13.5. The molecule has 0 saturated carbocycles. The van der Waals surface area contributed by atoms with E-state index in [0.29, 0.717) is 16.1 Å². The van der Waals surface area contributed by atoms with Crippen molar-refractivity contribution in [3.63, 3.8) is 0 Å². The summed E-state index contributed by atoms with van der Waals surface area (Å²) < 4.78 is 9.83. The van der Waals surface area contributed by atoms with E-state index in [1.165, 1.54) is 7.11 Å². The summed E-state index contributed by atoms with van der Waals surface area (Å²) in [6, 6.07) is 5.75. The summed E-state index contributed by atoms with van der Waals surface area (Å²) in [5.41, 5.74) is 0.208. The molecular weight excluding hydrogens is 320 g/mol. The monoisotopic (exact) mass is 338 g/mol. The number of benzene rings is 1. The molecule has 0 aliphatic carbocycles. The molecule has 0 unspecified atom stereocenters. The van der Waals surface area contributed by atoms with Crippen molar-refractivity contribution in [3.05, 3.63) is 34.3 Å². The minimum Gasteiger partial charge on any atom is -0.467 e. The first-order valence-corrected chi connectivity index (χ1v) is 7.30. The van der Waals surface area contributed by atoms with Gasteiger partial charge < -0.3 is 14.8 Å². The lowest BCUT2D eigenvalue weighted by atomic mass is 10.0. The van der Waals surface area contributed by atoms with E-state index in [4.69, 9.17) is 26.3 Å². The van der Waals surface area contributed by atoms with Gasteiger partial charge >= 0.3 is 12.1 Å². The fourth-order valence-electron chi connectivity index (χ4n) is 1.85. The van der Waals surface area contributed by atoms with Crippen molar-refractivity contribution >= 4 is 23.7 Å². The van der Waals surface area contributed by atoms with Crippen LogP contribution in [0, 0.1) is 11.3 Å². The molecule has 1 N–H and O–H groups in total. The molecule has 0 saturated heterocycles. The van der Waals surface area contributed by atoms with Crippen molar-refractivity contribution in [2.24, 2.45) is 0 Å². The van der Waals surface area contributed by atoms with E-state index in [0.717, 1.165) is 0 Å². The summed E-state index contributed by atoms with van der Waals surface area (Å²) in [6.45, 7) is 5.14. The van der Waals surface area contributed by atoms with E-state index >= 15 is 0 Å². The van der Waals surface area contributed by atoms with Crippen molar-refractivity contribution in [3.8, 4) is 6.07 Å². The highest BCUT2D eigenvalue weighted by Crippen LogP contribution is 2.18. The number of carbonyl (C=O) groups is 2. The maximum atomic E-state index is 11.9. The minimum atomic E-state index is -0.986. The number of nitriles is 1. The van der Waals surface area contributed by atoms with Gasteiger partial charge in [0.25, 0.3) is 0 Å². The van der Waals surface area contributed by atoms with Crippen molar-refractivity contribution in [1.29, 1.82) is 5.26 Å². The number of esters is 1. The summed E-state index contributed by atoms with van der Waals surface area (Å²) in [5.74, 6) is -0.639. The molecule has 6 nitrogen and oxygen atoms in total. The topological polar surface area (TPSA) is 88.4 Å². The van der Waals surface area contributed by atoms with E-state index in [1.54, 1.807) is 39.0 Å². The van der Waals surface area contributed by atoms with Gasteiger partial charge in [-0.2, -0.15) is 5.26 Å². The van der Waals surface area contributed by atoms with Crippen LogP contribution in [-0.2, 0) is 20.7 Å². The highest BCUT2D eigenvalue weighted by atomic mass is 35.5. The van der Waals surface area contributed by atoms with Gasteiger partial charge in [0.15, 0.2) is 0 Å². The zero-order chi connectivity index (χ0) is 17.6. The summed E-state index contributed by atoms with van der Waals surface area (Å²) in [6.07, 6.45) is -0.677. The van der Waals surface area contributed by atoms with E-state index in [9.17, 15) is 9.59 Å². The highest BCUT2D eigenvalue weighted by molar-refractivity contribution is 6.30. The van der Waals surface area contributed by atoms with Crippen molar-refractivity contribution in [2.75, 3.05) is 7.11 Å². The third-order valence-corrected chi connectivity index (χ3v) is 3.02. The number of carbonyl (C=O) groups excluding carboxylic acids is 2. The van der Waals surface area contributed by atoms with Gasteiger partial charge in [0.05, 0.1) is 18.7 Å². The molecule has 0 aliphatic rings. The molecule has 1 aromatic carbocycles. The average Bonchev–Trinajstić information content (AvgIpc) is 2.44. The number of hydrogen-bond acceptors (Lipinski definition) is 5. The van der Waals surface area contributed by atoms with Crippen molar-refractivity contribution in [1.82, 2.24) is 5.32 Å². The van der Waals surface area contributed by atoms with Gasteiger partial charge in [-0.05, 0) is 44.5 Å². The van der Waals surface area contributed by atoms with Crippen LogP contribution in [-0.4, -0.2) is 30.8 Å². The molecule has 0 bridgehead atoms. The summed E-state index contributed by atoms with van der Waals surface area (Å²) in [7, 11) is 1.22. The normalized spacial score (nSPS) is 12.0. The molecule has 124 valence electrons. The predicted octanol–water partition coefficient (Wildman–Crippen LogP) is 2.82. The molecule has 1 rings (SSSR count). The SMILES string of the molecule is COC(=O)[C@H](Cc1cc(Cl)ccc1C#N)NC(=O)OC(C)(C)C. The van der Waals surface area contributed by atoms with Crippen LogP contribution in [0.15, 0.2) is 18.2 Å². The summed E-state index contributed by atoms with van der Waals surface area (Å²) >= 11 is 5.93. The molecule has 0 heterocycles. The maximum Gasteiger partial charge on any atom is 0.408 e. The number of amides is 1. The molecule has 0 aliphatic heterocycles. The van der Waals surface area contributed by atoms with Crippen molar-refractivity contribution < 1.29 is 19.1 Å². The Hall–Kier alpha value is -2.26. The van der Waals surface area contributed by atoms with Crippen molar-refractivity contribution in [2.45, 2.75) is 38.8 Å². The van der Waals surface area contributed by atoms with E-state index in [2.05, 4.69) is 5.32 Å². The smallest absolute Gasteiger partial charge is 0.408 e. The fraction of sp³-hybridized carbons (Fsp3) is 0.438. The Kier molecular flexibility index (Phi) is 6.40.